The van der Waals surface area contributed by atoms with Crippen molar-refractivity contribution in [2.75, 3.05) is 23.9 Å². The molecule has 2 aromatic rings. The van der Waals surface area contributed by atoms with Gasteiger partial charge in [0.1, 0.15) is 17.5 Å². The van der Waals surface area contributed by atoms with E-state index in [9.17, 15) is 0 Å². The molecule has 1 aromatic carbocycles. The smallest absolute Gasteiger partial charge is 0.136 e. The summed E-state index contributed by atoms with van der Waals surface area (Å²) < 4.78 is 0. The molecule has 0 unspecified atom stereocenters. The molecule has 1 saturated carbocycles. The van der Waals surface area contributed by atoms with Crippen molar-refractivity contribution in [1.82, 2.24) is 9.97 Å². The van der Waals surface area contributed by atoms with Crippen LogP contribution in [0.1, 0.15) is 24.6 Å². The molecule has 104 valence electrons. The predicted octanol–water partition coefficient (Wildman–Crippen LogP) is 3.86. The third-order valence-electron chi connectivity index (χ3n) is 3.30. The molecule has 0 radical (unpaired) electrons. The standard InChI is InChI=1S/C15H18N4S/c1-16-13-9-14(19-15(18-13)10-3-4-10)17-11-5-7-12(20-2)8-6-11/h5-10H,3-4H2,1-2H3,(H2,16,17,18,19). The lowest BCUT2D eigenvalue weighted by atomic mass is 10.3. The Morgan fingerprint density at radius 1 is 1.10 bits per heavy atom. The fourth-order valence-corrected chi connectivity index (χ4v) is 2.41. The topological polar surface area (TPSA) is 49.8 Å². The van der Waals surface area contributed by atoms with Gasteiger partial charge in [0, 0.05) is 29.6 Å². The molecule has 3 rings (SSSR count). The Hall–Kier alpha value is -1.75. The van der Waals surface area contributed by atoms with Crippen molar-refractivity contribution in [3.05, 3.63) is 36.2 Å². The lowest BCUT2D eigenvalue weighted by Crippen LogP contribution is -2.03. The monoisotopic (exact) mass is 286 g/mol. The van der Waals surface area contributed by atoms with Crippen molar-refractivity contribution in [1.29, 1.82) is 0 Å². The first-order chi connectivity index (χ1) is 9.78. The van der Waals surface area contributed by atoms with Gasteiger partial charge in [-0.25, -0.2) is 9.97 Å². The highest BCUT2D eigenvalue weighted by atomic mass is 32.2. The van der Waals surface area contributed by atoms with Crippen molar-refractivity contribution >= 4 is 29.1 Å². The molecular weight excluding hydrogens is 268 g/mol. The number of nitrogens with one attached hydrogen (secondary N) is 2. The van der Waals surface area contributed by atoms with Crippen LogP contribution in [0.4, 0.5) is 17.3 Å². The second kappa shape index (κ2) is 5.71. The van der Waals surface area contributed by atoms with Crippen LogP contribution in [0.3, 0.4) is 0 Å². The number of benzene rings is 1. The Labute approximate surface area is 123 Å². The van der Waals surface area contributed by atoms with E-state index >= 15 is 0 Å². The van der Waals surface area contributed by atoms with Gasteiger partial charge >= 0.3 is 0 Å². The third kappa shape index (κ3) is 3.04. The van der Waals surface area contributed by atoms with E-state index in [1.54, 1.807) is 11.8 Å². The number of nitrogens with zero attached hydrogens (tertiary/aromatic N) is 2. The minimum absolute atomic E-state index is 0.544. The van der Waals surface area contributed by atoms with Crippen molar-refractivity contribution in [2.24, 2.45) is 0 Å². The molecule has 0 saturated heterocycles. The zero-order valence-electron chi connectivity index (χ0n) is 11.7. The van der Waals surface area contributed by atoms with E-state index in [2.05, 4.69) is 51.1 Å². The van der Waals surface area contributed by atoms with E-state index in [0.29, 0.717) is 5.92 Å². The Kier molecular flexibility index (Phi) is 3.78. The molecule has 1 aliphatic rings. The van der Waals surface area contributed by atoms with Gasteiger partial charge in [-0.15, -0.1) is 11.8 Å². The van der Waals surface area contributed by atoms with Crippen LogP contribution in [0.25, 0.3) is 0 Å². The van der Waals surface area contributed by atoms with Crippen LogP contribution in [0.5, 0.6) is 0 Å². The van der Waals surface area contributed by atoms with Crippen LogP contribution in [-0.2, 0) is 0 Å². The maximum Gasteiger partial charge on any atom is 0.136 e. The largest absolute Gasteiger partial charge is 0.373 e. The minimum atomic E-state index is 0.544. The van der Waals surface area contributed by atoms with Crippen molar-refractivity contribution in [2.45, 2.75) is 23.7 Å². The van der Waals surface area contributed by atoms with Gasteiger partial charge in [0.2, 0.25) is 0 Å². The summed E-state index contributed by atoms with van der Waals surface area (Å²) in [6.07, 6.45) is 4.48. The van der Waals surface area contributed by atoms with Crippen LogP contribution in [0, 0.1) is 0 Å². The Bertz CT molecular complexity index is 593. The van der Waals surface area contributed by atoms with E-state index in [0.717, 1.165) is 23.1 Å². The molecule has 0 amide bonds. The number of aromatic nitrogens is 2. The van der Waals surface area contributed by atoms with Gasteiger partial charge in [-0.3, -0.25) is 0 Å². The summed E-state index contributed by atoms with van der Waals surface area (Å²) in [5.41, 5.74) is 1.05. The first-order valence-corrected chi connectivity index (χ1v) is 7.99. The van der Waals surface area contributed by atoms with Gasteiger partial charge in [0.05, 0.1) is 0 Å². The number of rotatable bonds is 5. The molecule has 1 heterocycles. The van der Waals surface area contributed by atoms with Crippen molar-refractivity contribution in [3.8, 4) is 0 Å². The molecule has 1 fully saturated rings. The van der Waals surface area contributed by atoms with E-state index in [4.69, 9.17) is 0 Å². The lowest BCUT2D eigenvalue weighted by molar-refractivity contribution is 0.932. The zero-order valence-corrected chi connectivity index (χ0v) is 12.5. The lowest BCUT2D eigenvalue weighted by Gasteiger charge is -2.10. The summed E-state index contributed by atoms with van der Waals surface area (Å²) in [6, 6.07) is 10.3. The second-order valence-corrected chi connectivity index (χ2v) is 5.75. The number of anilines is 3. The molecule has 1 aliphatic carbocycles. The predicted molar refractivity (Wildman–Crippen MR) is 85.1 cm³/mol. The Morgan fingerprint density at radius 3 is 2.40 bits per heavy atom. The molecule has 2 N–H and O–H groups in total. The highest BCUT2D eigenvalue weighted by Gasteiger charge is 2.27. The summed E-state index contributed by atoms with van der Waals surface area (Å²) in [7, 11) is 1.88. The summed E-state index contributed by atoms with van der Waals surface area (Å²) in [5.74, 6) is 3.20. The molecule has 0 aliphatic heterocycles. The van der Waals surface area contributed by atoms with Gasteiger partial charge in [-0.2, -0.15) is 0 Å². The number of hydrogen-bond donors (Lipinski definition) is 2. The number of hydrogen-bond acceptors (Lipinski definition) is 5. The highest BCUT2D eigenvalue weighted by Crippen LogP contribution is 2.39. The van der Waals surface area contributed by atoms with Crippen LogP contribution in [0.15, 0.2) is 35.2 Å². The van der Waals surface area contributed by atoms with E-state index in [1.807, 2.05) is 13.1 Å². The molecule has 4 nitrogen and oxygen atoms in total. The minimum Gasteiger partial charge on any atom is -0.373 e. The van der Waals surface area contributed by atoms with Gasteiger partial charge < -0.3 is 10.6 Å². The van der Waals surface area contributed by atoms with Crippen LogP contribution in [0.2, 0.25) is 0 Å². The Balaban J connectivity index is 1.83. The molecular formula is C15H18N4S. The number of thioether (sulfide) groups is 1. The first-order valence-electron chi connectivity index (χ1n) is 6.76. The second-order valence-electron chi connectivity index (χ2n) is 4.87. The van der Waals surface area contributed by atoms with Crippen molar-refractivity contribution < 1.29 is 0 Å². The normalized spacial score (nSPS) is 14.1. The van der Waals surface area contributed by atoms with E-state index in [1.165, 1.54) is 17.7 Å². The highest BCUT2D eigenvalue weighted by molar-refractivity contribution is 7.98. The molecule has 0 spiro atoms. The van der Waals surface area contributed by atoms with E-state index < -0.39 is 0 Å². The average molecular weight is 286 g/mol. The van der Waals surface area contributed by atoms with Crippen LogP contribution >= 0.6 is 11.8 Å². The fraction of sp³-hybridized carbons (Fsp3) is 0.333. The molecule has 5 heteroatoms. The first kappa shape index (κ1) is 13.2. The molecule has 20 heavy (non-hydrogen) atoms. The van der Waals surface area contributed by atoms with Crippen molar-refractivity contribution in [3.63, 3.8) is 0 Å². The SMILES string of the molecule is CNc1cc(Nc2ccc(SC)cc2)nc(C2CC2)n1. The molecule has 0 atom stereocenters. The summed E-state index contributed by atoms with van der Waals surface area (Å²) in [4.78, 5) is 10.4. The van der Waals surface area contributed by atoms with Crippen LogP contribution < -0.4 is 10.6 Å². The molecule has 0 bridgehead atoms. The van der Waals surface area contributed by atoms with Gasteiger partial charge in [0.25, 0.3) is 0 Å². The summed E-state index contributed by atoms with van der Waals surface area (Å²) in [5, 5.41) is 6.45. The maximum atomic E-state index is 4.61. The fourth-order valence-electron chi connectivity index (χ4n) is 2.00. The average Bonchev–Trinajstić information content (AvgIpc) is 3.32. The Morgan fingerprint density at radius 2 is 1.80 bits per heavy atom. The molecule has 1 aromatic heterocycles. The maximum absolute atomic E-state index is 4.61. The van der Waals surface area contributed by atoms with E-state index in [-0.39, 0.29) is 0 Å². The van der Waals surface area contributed by atoms with Gasteiger partial charge in [-0.05, 0) is 43.4 Å². The van der Waals surface area contributed by atoms with Gasteiger partial charge in [-0.1, -0.05) is 0 Å². The summed E-state index contributed by atoms with van der Waals surface area (Å²) in [6.45, 7) is 0. The summed E-state index contributed by atoms with van der Waals surface area (Å²) >= 11 is 1.74. The third-order valence-corrected chi connectivity index (χ3v) is 4.05. The van der Waals surface area contributed by atoms with Crippen LogP contribution in [-0.4, -0.2) is 23.3 Å². The zero-order chi connectivity index (χ0) is 13.9. The van der Waals surface area contributed by atoms with Gasteiger partial charge in [0.15, 0.2) is 0 Å². The quantitative estimate of drug-likeness (QED) is 0.817.